The van der Waals surface area contributed by atoms with Crippen LogP contribution in [0.5, 0.6) is 0 Å². The Kier molecular flexibility index (Phi) is 8.24. The van der Waals surface area contributed by atoms with Crippen molar-refractivity contribution >= 4 is 64.9 Å². The zero-order chi connectivity index (χ0) is 43.0. The molecule has 0 spiro atoms. The fourth-order valence-corrected chi connectivity index (χ4v) is 10.6. The summed E-state index contributed by atoms with van der Waals surface area (Å²) in [7, 11) is 0. The van der Waals surface area contributed by atoms with Crippen molar-refractivity contribution in [2.24, 2.45) is 0 Å². The number of pyridine rings is 2. The van der Waals surface area contributed by atoms with Crippen molar-refractivity contribution < 1.29 is 0 Å². The van der Waals surface area contributed by atoms with Gasteiger partial charge in [0, 0.05) is 57.8 Å². The maximum absolute atomic E-state index is 10.3. The van der Waals surface area contributed by atoms with Crippen LogP contribution in [0.15, 0.2) is 219 Å². The first-order valence-corrected chi connectivity index (χ1v) is 21.9. The number of aromatic nitrogens is 3. The Balaban J connectivity index is 1.06. The molecular formula is C61H36N4. The summed E-state index contributed by atoms with van der Waals surface area (Å²) in [6.07, 6.45) is 7.50. The first kappa shape index (κ1) is 36.7. The Labute approximate surface area is 374 Å². The van der Waals surface area contributed by atoms with Gasteiger partial charge in [0.05, 0.1) is 22.7 Å². The van der Waals surface area contributed by atoms with Crippen LogP contribution in [-0.2, 0) is 0 Å². The molecule has 0 aliphatic heterocycles. The quantitative estimate of drug-likeness (QED) is 0.124. The van der Waals surface area contributed by atoms with Crippen molar-refractivity contribution in [1.82, 2.24) is 14.5 Å². The van der Waals surface area contributed by atoms with Crippen molar-refractivity contribution in [3.63, 3.8) is 0 Å². The van der Waals surface area contributed by atoms with Gasteiger partial charge in [0.25, 0.3) is 0 Å². The second kappa shape index (κ2) is 14.6. The van der Waals surface area contributed by atoms with Crippen LogP contribution in [0.3, 0.4) is 0 Å². The number of nitriles is 1. The highest BCUT2D eigenvalue weighted by molar-refractivity contribution is 6.31. The summed E-state index contributed by atoms with van der Waals surface area (Å²) in [5, 5.41) is 21.9. The van der Waals surface area contributed by atoms with Gasteiger partial charge in [0.15, 0.2) is 0 Å². The van der Waals surface area contributed by atoms with Gasteiger partial charge in [-0.3, -0.25) is 9.97 Å². The van der Waals surface area contributed by atoms with Crippen LogP contribution in [0.25, 0.3) is 126 Å². The van der Waals surface area contributed by atoms with E-state index in [-0.39, 0.29) is 0 Å². The number of rotatable bonds is 6. The van der Waals surface area contributed by atoms with Crippen LogP contribution in [0.4, 0.5) is 0 Å². The molecule has 0 aliphatic rings. The molecule has 4 nitrogen and oxygen atoms in total. The summed E-state index contributed by atoms with van der Waals surface area (Å²) in [4.78, 5) is 8.93. The largest absolute Gasteiger partial charge is 0.309 e. The summed E-state index contributed by atoms with van der Waals surface area (Å²) in [6, 6.07) is 72.4. The van der Waals surface area contributed by atoms with Crippen molar-refractivity contribution in [3.8, 4) is 67.4 Å². The normalized spacial score (nSPS) is 11.7. The number of fused-ring (bicyclic) bond motifs is 3. The van der Waals surface area contributed by atoms with E-state index in [9.17, 15) is 5.26 Å². The highest BCUT2D eigenvalue weighted by Crippen LogP contribution is 2.50. The van der Waals surface area contributed by atoms with E-state index in [2.05, 4.69) is 197 Å². The van der Waals surface area contributed by atoms with Crippen molar-refractivity contribution in [2.75, 3.05) is 0 Å². The minimum absolute atomic E-state index is 0.686. The number of benzene rings is 10. The van der Waals surface area contributed by atoms with Gasteiger partial charge >= 0.3 is 0 Å². The smallest absolute Gasteiger partial charge is 0.0998 e. The van der Waals surface area contributed by atoms with Gasteiger partial charge in [-0.05, 0) is 143 Å². The van der Waals surface area contributed by atoms with E-state index in [1.54, 1.807) is 0 Å². The van der Waals surface area contributed by atoms with Crippen LogP contribution in [0.1, 0.15) is 5.56 Å². The second-order valence-electron chi connectivity index (χ2n) is 16.8. The molecule has 65 heavy (non-hydrogen) atoms. The van der Waals surface area contributed by atoms with Gasteiger partial charge in [0.1, 0.15) is 0 Å². The van der Waals surface area contributed by atoms with E-state index in [1.165, 1.54) is 70.9 Å². The van der Waals surface area contributed by atoms with E-state index in [4.69, 9.17) is 0 Å². The minimum Gasteiger partial charge on any atom is -0.309 e. The molecule has 0 fully saturated rings. The lowest BCUT2D eigenvalue weighted by atomic mass is 9.82. The average Bonchev–Trinajstić information content (AvgIpc) is 3.73. The van der Waals surface area contributed by atoms with Crippen LogP contribution < -0.4 is 0 Å². The second-order valence-corrected chi connectivity index (χ2v) is 16.8. The lowest BCUT2D eigenvalue weighted by Gasteiger charge is -2.21. The molecule has 0 unspecified atom stereocenters. The number of hydrogen-bond donors (Lipinski definition) is 0. The molecule has 10 aromatic carbocycles. The highest BCUT2D eigenvalue weighted by Gasteiger charge is 2.24. The Bertz CT molecular complexity index is 3940. The maximum Gasteiger partial charge on any atom is 0.0998 e. The fourth-order valence-electron chi connectivity index (χ4n) is 10.6. The fraction of sp³-hybridized carbons (Fsp3) is 0. The summed E-state index contributed by atoms with van der Waals surface area (Å²) >= 11 is 0. The lowest BCUT2D eigenvalue weighted by molar-refractivity contribution is 1.18. The van der Waals surface area contributed by atoms with E-state index in [0.29, 0.717) is 5.56 Å². The molecule has 3 aromatic heterocycles. The molecule has 13 aromatic rings. The third-order valence-corrected chi connectivity index (χ3v) is 13.4. The minimum atomic E-state index is 0.686. The summed E-state index contributed by atoms with van der Waals surface area (Å²) in [5.74, 6) is 0. The van der Waals surface area contributed by atoms with Gasteiger partial charge in [-0.15, -0.1) is 0 Å². The van der Waals surface area contributed by atoms with Crippen LogP contribution in [0, 0.1) is 11.3 Å². The number of hydrogen-bond acceptors (Lipinski definition) is 3. The molecule has 4 heteroatoms. The number of nitrogens with zero attached hydrogens (tertiary/aromatic N) is 4. The monoisotopic (exact) mass is 824 g/mol. The SMILES string of the molecule is N#Cc1ccc2c3c1ccc1c(-c4c5ccccc5c(-c5ccc(-c6cc(-c7cccnc7)cc(-c7cccnc7)c6)c6ccccc56)c5ccccc45)ccc(c13)n2-c1ccccc1. The van der Waals surface area contributed by atoms with E-state index < -0.39 is 0 Å². The first-order valence-electron chi connectivity index (χ1n) is 21.9. The van der Waals surface area contributed by atoms with Crippen LogP contribution in [0.2, 0.25) is 0 Å². The summed E-state index contributed by atoms with van der Waals surface area (Å²) in [6.45, 7) is 0. The van der Waals surface area contributed by atoms with E-state index >= 15 is 0 Å². The van der Waals surface area contributed by atoms with Crippen LogP contribution in [-0.4, -0.2) is 14.5 Å². The summed E-state index contributed by atoms with van der Waals surface area (Å²) in [5.41, 5.74) is 15.4. The van der Waals surface area contributed by atoms with E-state index in [0.717, 1.165) is 55.3 Å². The molecule has 13 rings (SSSR count). The molecule has 0 N–H and O–H groups in total. The molecule has 300 valence electrons. The maximum atomic E-state index is 10.3. The third kappa shape index (κ3) is 5.63. The molecule has 0 aliphatic carbocycles. The van der Waals surface area contributed by atoms with Crippen molar-refractivity contribution in [2.45, 2.75) is 0 Å². The molecule has 0 saturated heterocycles. The molecule has 3 heterocycles. The third-order valence-electron chi connectivity index (χ3n) is 13.4. The molecule has 0 bridgehead atoms. The Hall–Kier alpha value is -8.91. The Morgan fingerprint density at radius 1 is 0.354 bits per heavy atom. The standard InChI is InChI=1S/C61H36N4/c62-35-38-22-28-56-60-46(38)24-26-55-54(27-29-57(61(55)60)65(56)44-14-2-1-3-15-44)59-51-20-8-6-18-49(51)58(50-19-7-9-21-52(50)59)53-25-23-45(47-16-4-5-17-48(47)53)43-33-41(39-12-10-30-63-36-39)32-42(34-43)40-13-11-31-64-37-40/h1-34,36-37H. The molecule has 0 amide bonds. The zero-order valence-corrected chi connectivity index (χ0v) is 35.1. The van der Waals surface area contributed by atoms with Gasteiger partial charge in [-0.25, -0.2) is 0 Å². The molecule has 0 saturated carbocycles. The van der Waals surface area contributed by atoms with Gasteiger partial charge < -0.3 is 4.57 Å². The van der Waals surface area contributed by atoms with Crippen LogP contribution >= 0.6 is 0 Å². The topological polar surface area (TPSA) is 54.5 Å². The van der Waals surface area contributed by atoms with Gasteiger partial charge in [-0.1, -0.05) is 133 Å². The zero-order valence-electron chi connectivity index (χ0n) is 35.1. The Morgan fingerprint density at radius 2 is 0.815 bits per heavy atom. The predicted octanol–water partition coefficient (Wildman–Crippen LogP) is 15.8. The predicted molar refractivity (Wildman–Crippen MR) is 269 cm³/mol. The molecule has 0 radical (unpaired) electrons. The van der Waals surface area contributed by atoms with E-state index in [1.807, 2.05) is 43.0 Å². The van der Waals surface area contributed by atoms with Gasteiger partial charge in [-0.2, -0.15) is 5.26 Å². The van der Waals surface area contributed by atoms with Gasteiger partial charge in [0.2, 0.25) is 0 Å². The van der Waals surface area contributed by atoms with Crippen molar-refractivity contribution in [3.05, 3.63) is 224 Å². The molecular weight excluding hydrogens is 789 g/mol. The van der Waals surface area contributed by atoms with Crippen molar-refractivity contribution in [1.29, 1.82) is 5.26 Å². The number of para-hydroxylation sites is 1. The lowest BCUT2D eigenvalue weighted by Crippen LogP contribution is -1.94. The first-order chi connectivity index (χ1) is 32.2. The molecule has 0 atom stereocenters. The summed E-state index contributed by atoms with van der Waals surface area (Å²) < 4.78 is 2.35. The Morgan fingerprint density at radius 3 is 1.38 bits per heavy atom. The average molecular weight is 825 g/mol. The highest BCUT2D eigenvalue weighted by atomic mass is 15.0.